The summed E-state index contributed by atoms with van der Waals surface area (Å²) in [7, 11) is -3.73. The summed E-state index contributed by atoms with van der Waals surface area (Å²) in [5.41, 5.74) is 0.747. The molecule has 28 heavy (non-hydrogen) atoms. The monoisotopic (exact) mass is 409 g/mol. The zero-order valence-corrected chi connectivity index (χ0v) is 15.4. The number of nitrogens with zero attached hydrogens (tertiary/aromatic N) is 1. The minimum Gasteiger partial charge on any atom is -0.325 e. The number of nitrogens with one attached hydrogen (secondary N) is 1. The van der Waals surface area contributed by atoms with E-state index in [2.05, 4.69) is 5.32 Å². The fourth-order valence-electron chi connectivity index (χ4n) is 3.08. The summed E-state index contributed by atoms with van der Waals surface area (Å²) in [5, 5.41) is 7.57. The van der Waals surface area contributed by atoms with Gasteiger partial charge in [0.15, 0.2) is 0 Å². The first-order valence-corrected chi connectivity index (χ1v) is 10.0. The molecule has 0 aromatic heterocycles. The molecule has 1 unspecified atom stereocenters. The Morgan fingerprint density at radius 3 is 2.50 bits per heavy atom. The van der Waals surface area contributed by atoms with Crippen LogP contribution in [-0.4, -0.2) is 26.8 Å². The molecule has 0 spiro atoms. The van der Waals surface area contributed by atoms with Crippen molar-refractivity contribution >= 4 is 33.2 Å². The molecule has 0 radical (unpaired) electrons. The number of benzene rings is 2. The second-order valence-electron chi connectivity index (χ2n) is 6.46. The van der Waals surface area contributed by atoms with E-state index in [0.717, 1.165) is 17.0 Å². The summed E-state index contributed by atoms with van der Waals surface area (Å²) in [4.78, 5) is 26.2. The summed E-state index contributed by atoms with van der Waals surface area (Å²) in [6.07, 6.45) is 0.180. The van der Waals surface area contributed by atoms with Gasteiger partial charge in [0.2, 0.25) is 21.8 Å². The summed E-state index contributed by atoms with van der Waals surface area (Å²) >= 11 is 0. The lowest BCUT2D eigenvalue weighted by molar-refractivity contribution is -0.129. The quantitative estimate of drug-likeness (QED) is 0.733. The van der Waals surface area contributed by atoms with Gasteiger partial charge in [-0.1, -0.05) is 12.1 Å². The van der Waals surface area contributed by atoms with Crippen molar-refractivity contribution in [3.63, 3.8) is 0 Å². The maximum atomic E-state index is 13.4. The van der Waals surface area contributed by atoms with Crippen molar-refractivity contribution in [3.05, 3.63) is 59.7 Å². The van der Waals surface area contributed by atoms with Gasteiger partial charge in [-0.3, -0.25) is 9.59 Å². The highest BCUT2D eigenvalue weighted by Gasteiger charge is 2.38. The van der Waals surface area contributed by atoms with Crippen molar-refractivity contribution in [1.82, 2.24) is 0 Å². The molecule has 10 heteroatoms. The molecule has 1 aliphatic rings. The lowest BCUT2D eigenvalue weighted by Crippen LogP contribution is -2.33. The number of halogens is 2. The fraction of sp³-hybridized carbons (Fsp3) is 0.222. The molecule has 2 aromatic rings. The number of anilines is 2. The smallest absolute Gasteiger partial charge is 0.239 e. The minimum atomic E-state index is -3.73. The average Bonchev–Trinajstić information content (AvgIpc) is 2.94. The van der Waals surface area contributed by atoms with Crippen LogP contribution in [0.1, 0.15) is 12.0 Å². The number of hydrogen-bond donors (Lipinski definition) is 2. The number of nitrogens with two attached hydrogens (primary N) is 1. The lowest BCUT2D eigenvalue weighted by atomic mass is 10.1. The van der Waals surface area contributed by atoms with Gasteiger partial charge in [0.05, 0.1) is 5.75 Å². The number of amides is 2. The van der Waals surface area contributed by atoms with E-state index < -0.39 is 45.1 Å². The Kier molecular flexibility index (Phi) is 5.43. The molecule has 148 valence electrons. The average molecular weight is 409 g/mol. The molecule has 3 rings (SSSR count). The van der Waals surface area contributed by atoms with Crippen LogP contribution in [0.2, 0.25) is 0 Å². The van der Waals surface area contributed by atoms with Crippen LogP contribution in [0.3, 0.4) is 0 Å². The first-order chi connectivity index (χ1) is 13.1. The zero-order chi connectivity index (χ0) is 20.5. The van der Waals surface area contributed by atoms with Gasteiger partial charge < -0.3 is 10.2 Å². The van der Waals surface area contributed by atoms with Crippen molar-refractivity contribution < 1.29 is 26.8 Å². The van der Waals surface area contributed by atoms with Gasteiger partial charge >= 0.3 is 0 Å². The van der Waals surface area contributed by atoms with Crippen LogP contribution in [0.25, 0.3) is 0 Å². The molecule has 0 aliphatic carbocycles. The van der Waals surface area contributed by atoms with E-state index in [1.165, 1.54) is 6.07 Å². The summed E-state index contributed by atoms with van der Waals surface area (Å²) in [6.45, 7) is 0.144. The molecule has 1 saturated heterocycles. The van der Waals surface area contributed by atoms with Crippen LogP contribution in [0.5, 0.6) is 0 Å². The van der Waals surface area contributed by atoms with E-state index in [9.17, 15) is 26.8 Å². The fourth-order valence-corrected chi connectivity index (χ4v) is 3.72. The summed E-state index contributed by atoms with van der Waals surface area (Å²) in [6, 6.07) is 8.83. The predicted octanol–water partition coefficient (Wildman–Crippen LogP) is 1.74. The highest BCUT2D eigenvalue weighted by molar-refractivity contribution is 7.88. The van der Waals surface area contributed by atoms with Crippen molar-refractivity contribution in [2.45, 2.75) is 12.2 Å². The lowest BCUT2D eigenvalue weighted by Gasteiger charge is -2.17. The molecule has 0 saturated carbocycles. The van der Waals surface area contributed by atoms with Crippen LogP contribution in [0, 0.1) is 17.6 Å². The molecule has 1 aliphatic heterocycles. The maximum Gasteiger partial charge on any atom is 0.239 e. The number of rotatable bonds is 5. The van der Waals surface area contributed by atoms with Crippen LogP contribution >= 0.6 is 0 Å². The van der Waals surface area contributed by atoms with Crippen molar-refractivity contribution in [2.24, 2.45) is 11.1 Å². The van der Waals surface area contributed by atoms with E-state index in [1.807, 2.05) is 0 Å². The highest BCUT2D eigenvalue weighted by atomic mass is 32.2. The first-order valence-electron chi connectivity index (χ1n) is 8.30. The third kappa shape index (κ3) is 4.70. The third-order valence-electron chi connectivity index (χ3n) is 4.24. The number of sulfonamides is 1. The van der Waals surface area contributed by atoms with E-state index >= 15 is 0 Å². The Morgan fingerprint density at radius 1 is 1.18 bits per heavy atom. The molecule has 0 bridgehead atoms. The normalized spacial score (nSPS) is 17.0. The molecule has 3 N–H and O–H groups in total. The number of carbonyl (C=O) groups is 2. The van der Waals surface area contributed by atoms with Gasteiger partial charge in [0.25, 0.3) is 0 Å². The molecular formula is C18H17F2N3O4S. The standard InChI is InChI=1S/C18H17F2N3O4S/c19-12-7-13(20)9-15(8-12)23-5-4-16(18(23)25)17(24)22-14-3-1-2-11(6-14)10-28(21,26)27/h1-3,6-9,16H,4-5,10H2,(H,22,24)(H2,21,26,27). The molecule has 7 nitrogen and oxygen atoms in total. The highest BCUT2D eigenvalue weighted by Crippen LogP contribution is 2.27. The van der Waals surface area contributed by atoms with E-state index in [0.29, 0.717) is 17.3 Å². The summed E-state index contributed by atoms with van der Waals surface area (Å²) in [5.74, 6) is -4.20. The van der Waals surface area contributed by atoms with Gasteiger partial charge in [-0.25, -0.2) is 22.3 Å². The molecule has 2 amide bonds. The Labute approximate surface area is 160 Å². The predicted molar refractivity (Wildman–Crippen MR) is 98.7 cm³/mol. The Bertz CT molecular complexity index is 1020. The minimum absolute atomic E-state index is 0.0490. The van der Waals surface area contributed by atoms with Gasteiger partial charge in [-0.15, -0.1) is 0 Å². The maximum absolute atomic E-state index is 13.4. The Morgan fingerprint density at radius 2 is 1.86 bits per heavy atom. The molecule has 1 heterocycles. The van der Waals surface area contributed by atoms with Crippen molar-refractivity contribution in [3.8, 4) is 0 Å². The van der Waals surface area contributed by atoms with E-state index in [-0.39, 0.29) is 18.7 Å². The number of hydrogen-bond acceptors (Lipinski definition) is 4. The molecular weight excluding hydrogens is 392 g/mol. The van der Waals surface area contributed by atoms with Gasteiger partial charge in [0, 0.05) is 24.0 Å². The first kappa shape index (κ1) is 19.9. The Balaban J connectivity index is 1.72. The zero-order valence-electron chi connectivity index (χ0n) is 14.6. The molecule has 1 atom stereocenters. The van der Waals surface area contributed by atoms with Gasteiger partial charge in [0.1, 0.15) is 17.6 Å². The van der Waals surface area contributed by atoms with Crippen LogP contribution in [0.4, 0.5) is 20.2 Å². The SMILES string of the molecule is NS(=O)(=O)Cc1cccc(NC(=O)C2CCN(c3cc(F)cc(F)c3)C2=O)c1. The Hall–Kier alpha value is -2.85. The number of carbonyl (C=O) groups excluding carboxylic acids is 2. The van der Waals surface area contributed by atoms with Crippen LogP contribution < -0.4 is 15.4 Å². The van der Waals surface area contributed by atoms with Gasteiger partial charge in [-0.2, -0.15) is 0 Å². The van der Waals surface area contributed by atoms with E-state index in [4.69, 9.17) is 5.14 Å². The van der Waals surface area contributed by atoms with Crippen LogP contribution in [0.15, 0.2) is 42.5 Å². The van der Waals surface area contributed by atoms with E-state index in [1.54, 1.807) is 18.2 Å². The molecule has 1 fully saturated rings. The summed E-state index contributed by atoms with van der Waals surface area (Å²) < 4.78 is 49.2. The van der Waals surface area contributed by atoms with Crippen molar-refractivity contribution in [1.29, 1.82) is 0 Å². The third-order valence-corrected chi connectivity index (χ3v) is 4.98. The van der Waals surface area contributed by atoms with Gasteiger partial charge in [-0.05, 0) is 36.2 Å². The molecule has 2 aromatic carbocycles. The topological polar surface area (TPSA) is 110 Å². The largest absolute Gasteiger partial charge is 0.325 e. The van der Waals surface area contributed by atoms with Crippen LogP contribution in [-0.2, 0) is 25.4 Å². The second kappa shape index (κ2) is 7.64. The number of primary sulfonamides is 1. The van der Waals surface area contributed by atoms with Crippen molar-refractivity contribution in [2.75, 3.05) is 16.8 Å². The second-order valence-corrected chi connectivity index (χ2v) is 8.07.